The van der Waals surface area contributed by atoms with E-state index in [2.05, 4.69) is 10.2 Å². The lowest BCUT2D eigenvalue weighted by atomic mass is 10.0. The fourth-order valence-corrected chi connectivity index (χ4v) is 3.32. The molecular weight excluding hydrogens is 402 g/mol. The minimum absolute atomic E-state index is 0.121. The molecule has 0 bridgehead atoms. The van der Waals surface area contributed by atoms with Gasteiger partial charge in [-0.2, -0.15) is 0 Å². The molecule has 4 rings (SSSR count). The summed E-state index contributed by atoms with van der Waals surface area (Å²) in [5, 5.41) is 8.87. The first-order valence-corrected chi connectivity index (χ1v) is 9.66. The van der Waals surface area contributed by atoms with Crippen molar-refractivity contribution in [2.24, 2.45) is 5.73 Å². The van der Waals surface area contributed by atoms with Gasteiger partial charge in [0.1, 0.15) is 6.61 Å². The molecule has 150 valence electrons. The Hall–Kier alpha value is -3.48. The highest BCUT2D eigenvalue weighted by Gasteiger charge is 2.16. The van der Waals surface area contributed by atoms with Crippen LogP contribution < -0.4 is 5.73 Å². The van der Waals surface area contributed by atoms with Crippen molar-refractivity contribution in [3.8, 4) is 34.0 Å². The van der Waals surface area contributed by atoms with E-state index in [4.69, 9.17) is 26.5 Å². The highest BCUT2D eigenvalue weighted by Crippen LogP contribution is 2.36. The molecule has 30 heavy (non-hydrogen) atoms. The lowest BCUT2D eigenvalue weighted by Gasteiger charge is -2.07. The second kappa shape index (κ2) is 8.90. The zero-order chi connectivity index (χ0) is 20.9. The van der Waals surface area contributed by atoms with Gasteiger partial charge < -0.3 is 14.9 Å². The predicted octanol–water partition coefficient (Wildman–Crippen LogP) is 4.73. The van der Waals surface area contributed by atoms with Crippen LogP contribution in [0, 0.1) is 0 Å². The van der Waals surface area contributed by atoms with E-state index >= 15 is 0 Å². The lowest BCUT2D eigenvalue weighted by Crippen LogP contribution is -2.16. The van der Waals surface area contributed by atoms with E-state index in [1.165, 1.54) is 0 Å². The molecule has 0 atom stereocenters. The molecule has 0 amide bonds. The highest BCUT2D eigenvalue weighted by molar-refractivity contribution is 6.35. The Morgan fingerprint density at radius 1 is 0.900 bits per heavy atom. The van der Waals surface area contributed by atoms with Crippen LogP contribution in [-0.2, 0) is 16.1 Å². The molecule has 0 aliphatic carbocycles. The lowest BCUT2D eigenvalue weighted by molar-refractivity contribution is -0.143. The van der Waals surface area contributed by atoms with E-state index in [0.29, 0.717) is 27.9 Å². The smallest absolute Gasteiger partial charge is 0.320 e. The minimum atomic E-state index is -0.464. The van der Waals surface area contributed by atoms with Gasteiger partial charge in [0.05, 0.1) is 17.1 Å². The third kappa shape index (κ3) is 4.25. The molecular formula is C23H18ClN3O3. The van der Waals surface area contributed by atoms with Gasteiger partial charge in [-0.25, -0.2) is 0 Å². The van der Waals surface area contributed by atoms with Crippen LogP contribution in [0.2, 0.25) is 5.02 Å². The number of carbonyl (C=O) groups excluding carboxylic acids is 1. The van der Waals surface area contributed by atoms with E-state index < -0.39 is 5.97 Å². The fraction of sp³-hybridized carbons (Fsp3) is 0.0870. The van der Waals surface area contributed by atoms with Gasteiger partial charge in [0.25, 0.3) is 0 Å². The van der Waals surface area contributed by atoms with Crippen LogP contribution in [0.3, 0.4) is 0 Å². The number of ether oxygens (including phenoxy) is 1. The van der Waals surface area contributed by atoms with Crippen LogP contribution in [0.1, 0.15) is 5.56 Å². The van der Waals surface area contributed by atoms with Gasteiger partial charge in [-0.3, -0.25) is 4.79 Å². The van der Waals surface area contributed by atoms with Crippen molar-refractivity contribution in [3.63, 3.8) is 0 Å². The third-order valence-electron chi connectivity index (χ3n) is 4.48. The van der Waals surface area contributed by atoms with Crippen LogP contribution in [0.15, 0.2) is 77.2 Å². The second-order valence-electron chi connectivity index (χ2n) is 6.51. The summed E-state index contributed by atoms with van der Waals surface area (Å²) < 4.78 is 11.0. The number of halogens is 1. The van der Waals surface area contributed by atoms with Crippen molar-refractivity contribution in [1.29, 1.82) is 0 Å². The number of rotatable bonds is 6. The quantitative estimate of drug-likeness (QED) is 0.454. The first kappa shape index (κ1) is 19.8. The zero-order valence-electron chi connectivity index (χ0n) is 15.9. The average Bonchev–Trinajstić information content (AvgIpc) is 3.28. The number of aromatic nitrogens is 2. The molecule has 0 spiro atoms. The molecule has 0 saturated heterocycles. The van der Waals surface area contributed by atoms with Crippen LogP contribution in [-0.4, -0.2) is 22.7 Å². The molecule has 4 aromatic rings. The monoisotopic (exact) mass is 419 g/mol. The molecule has 0 saturated carbocycles. The largest absolute Gasteiger partial charge is 0.460 e. The number of esters is 1. The maximum absolute atomic E-state index is 11.3. The summed E-state index contributed by atoms with van der Waals surface area (Å²) >= 11 is 6.66. The molecule has 0 unspecified atom stereocenters. The summed E-state index contributed by atoms with van der Waals surface area (Å²) in [6.07, 6.45) is 0. The van der Waals surface area contributed by atoms with E-state index in [0.717, 1.165) is 16.7 Å². The summed E-state index contributed by atoms with van der Waals surface area (Å²) in [5.74, 6) is 0.208. The molecule has 2 N–H and O–H groups in total. The van der Waals surface area contributed by atoms with Gasteiger partial charge in [0.2, 0.25) is 11.8 Å². The van der Waals surface area contributed by atoms with Crippen molar-refractivity contribution in [2.45, 2.75) is 6.61 Å². The van der Waals surface area contributed by atoms with Crippen molar-refractivity contribution in [1.82, 2.24) is 10.2 Å². The van der Waals surface area contributed by atoms with Gasteiger partial charge in [-0.1, -0.05) is 66.2 Å². The minimum Gasteiger partial charge on any atom is -0.460 e. The maximum atomic E-state index is 11.3. The fourth-order valence-electron chi connectivity index (χ4n) is 3.00. The van der Waals surface area contributed by atoms with E-state index in [-0.39, 0.29) is 13.2 Å². The van der Waals surface area contributed by atoms with Crippen molar-refractivity contribution < 1.29 is 13.9 Å². The van der Waals surface area contributed by atoms with Crippen molar-refractivity contribution in [2.75, 3.05) is 6.54 Å². The van der Waals surface area contributed by atoms with E-state index in [1.807, 2.05) is 72.8 Å². The Morgan fingerprint density at radius 2 is 1.60 bits per heavy atom. The first-order valence-electron chi connectivity index (χ1n) is 9.28. The molecule has 0 radical (unpaired) electrons. The molecule has 0 aliphatic heterocycles. The number of benzene rings is 3. The average molecular weight is 420 g/mol. The molecule has 1 aromatic heterocycles. The first-order chi connectivity index (χ1) is 14.7. The number of hydrogen-bond acceptors (Lipinski definition) is 6. The highest BCUT2D eigenvalue weighted by atomic mass is 35.5. The molecule has 0 aliphatic rings. The van der Waals surface area contributed by atoms with Crippen molar-refractivity contribution >= 4 is 17.6 Å². The van der Waals surface area contributed by atoms with E-state index in [1.54, 1.807) is 0 Å². The van der Waals surface area contributed by atoms with Gasteiger partial charge in [0, 0.05) is 11.1 Å². The van der Waals surface area contributed by atoms with Crippen molar-refractivity contribution in [3.05, 3.63) is 83.4 Å². The van der Waals surface area contributed by atoms with E-state index in [9.17, 15) is 4.79 Å². The van der Waals surface area contributed by atoms with Gasteiger partial charge in [-0.15, -0.1) is 10.2 Å². The summed E-state index contributed by atoms with van der Waals surface area (Å²) in [6, 6.07) is 22.9. The molecule has 3 aromatic carbocycles. The molecule has 6 nitrogen and oxygen atoms in total. The van der Waals surface area contributed by atoms with Crippen LogP contribution in [0.4, 0.5) is 0 Å². The summed E-state index contributed by atoms with van der Waals surface area (Å²) in [7, 11) is 0. The third-order valence-corrected chi connectivity index (χ3v) is 4.89. The Morgan fingerprint density at radius 3 is 2.40 bits per heavy atom. The molecule has 1 heterocycles. The summed E-state index contributed by atoms with van der Waals surface area (Å²) in [5.41, 5.74) is 9.31. The van der Waals surface area contributed by atoms with Crippen LogP contribution in [0.5, 0.6) is 0 Å². The predicted molar refractivity (Wildman–Crippen MR) is 114 cm³/mol. The van der Waals surface area contributed by atoms with Crippen LogP contribution >= 0.6 is 11.6 Å². The Labute approximate surface area is 178 Å². The van der Waals surface area contributed by atoms with Gasteiger partial charge in [-0.05, 0) is 29.3 Å². The molecule has 7 heteroatoms. The topological polar surface area (TPSA) is 91.2 Å². The summed E-state index contributed by atoms with van der Waals surface area (Å²) in [4.78, 5) is 11.3. The van der Waals surface area contributed by atoms with Gasteiger partial charge in [0.15, 0.2) is 0 Å². The van der Waals surface area contributed by atoms with Gasteiger partial charge >= 0.3 is 5.97 Å². The second-order valence-corrected chi connectivity index (χ2v) is 6.89. The molecule has 0 fully saturated rings. The number of nitrogens with two attached hydrogens (primary N) is 1. The van der Waals surface area contributed by atoms with Crippen LogP contribution in [0.25, 0.3) is 34.0 Å². The Kier molecular flexibility index (Phi) is 5.88. The maximum Gasteiger partial charge on any atom is 0.320 e. The number of nitrogens with zero attached hydrogens (tertiary/aromatic N) is 2. The number of carbonyl (C=O) groups is 1. The standard InChI is InChI=1S/C23H18ClN3O3/c24-21-18(16-7-2-1-3-8-16)10-5-11-19(21)23-27-26-22(30-23)17-9-4-6-15(12-17)14-29-20(28)13-25/h1-12H,13-14,25H2. The summed E-state index contributed by atoms with van der Waals surface area (Å²) in [6.45, 7) is -0.0364. The SMILES string of the molecule is NCC(=O)OCc1cccc(-c2nnc(-c3cccc(-c4ccccc4)c3Cl)o2)c1. The zero-order valence-corrected chi connectivity index (χ0v) is 16.7. The Balaban J connectivity index is 1.62. The normalized spacial score (nSPS) is 10.7. The number of hydrogen-bond donors (Lipinski definition) is 1. The Bertz CT molecular complexity index is 1180.